The number of piperidine rings is 1. The predicted octanol–water partition coefficient (Wildman–Crippen LogP) is 5.34. The molecule has 5 rings (SSSR count). The van der Waals surface area contributed by atoms with E-state index in [4.69, 9.17) is 4.74 Å². The van der Waals surface area contributed by atoms with E-state index in [2.05, 4.69) is 35.9 Å². The van der Waals surface area contributed by atoms with Crippen molar-refractivity contribution < 1.29 is 9.53 Å². The molecule has 4 heteroatoms. The van der Waals surface area contributed by atoms with Gasteiger partial charge in [-0.05, 0) is 97.7 Å². The lowest BCUT2D eigenvalue weighted by atomic mass is 9.46. The zero-order valence-electron chi connectivity index (χ0n) is 18.8. The van der Waals surface area contributed by atoms with Gasteiger partial charge in [0.25, 0.3) is 0 Å². The van der Waals surface area contributed by atoms with Crippen LogP contribution in [0.1, 0.15) is 71.3 Å². The maximum Gasteiger partial charge on any atom is 0.209 e. The van der Waals surface area contributed by atoms with Gasteiger partial charge in [0.05, 0.1) is 12.8 Å². The summed E-state index contributed by atoms with van der Waals surface area (Å²) in [6.45, 7) is 8.66. The minimum atomic E-state index is 0.232. The molecule has 1 amide bonds. The van der Waals surface area contributed by atoms with Crippen molar-refractivity contribution in [3.8, 4) is 5.75 Å². The molecular weight excluding hydrogens is 372 g/mol. The maximum atomic E-state index is 11.7. The number of nitrogens with zero attached hydrogens (tertiary/aromatic N) is 2. The van der Waals surface area contributed by atoms with Crippen LogP contribution in [0.4, 0.5) is 0 Å². The SMILES string of the molecule is CCOc1cncc(C2=CCC3C4CCC5N(C=O)CCCC5(C)C4CCC23C)c1. The molecule has 4 nitrogen and oxygen atoms in total. The molecule has 2 heterocycles. The number of allylic oxidation sites excluding steroid dienone is 2. The Hall–Kier alpha value is -1.84. The van der Waals surface area contributed by atoms with Gasteiger partial charge in [0.1, 0.15) is 5.75 Å². The fourth-order valence-corrected chi connectivity index (χ4v) is 8.08. The summed E-state index contributed by atoms with van der Waals surface area (Å²) in [5.41, 5.74) is 3.26. The lowest BCUT2D eigenvalue weighted by Crippen LogP contribution is -2.60. The normalized spacial score (nSPS) is 40.1. The molecule has 6 unspecified atom stereocenters. The average Bonchev–Trinajstić information content (AvgIpc) is 3.10. The van der Waals surface area contributed by atoms with Gasteiger partial charge in [-0.2, -0.15) is 0 Å². The summed E-state index contributed by atoms with van der Waals surface area (Å²) in [7, 11) is 0. The van der Waals surface area contributed by atoms with Gasteiger partial charge in [0.2, 0.25) is 6.41 Å². The number of hydrogen-bond acceptors (Lipinski definition) is 3. The van der Waals surface area contributed by atoms with Crippen molar-refractivity contribution in [2.24, 2.45) is 28.6 Å². The largest absolute Gasteiger partial charge is 0.492 e. The Morgan fingerprint density at radius 1 is 1.20 bits per heavy atom. The van der Waals surface area contributed by atoms with Crippen LogP contribution in [0.25, 0.3) is 5.57 Å². The third kappa shape index (κ3) is 2.85. The highest BCUT2D eigenvalue weighted by atomic mass is 16.5. The lowest BCUT2D eigenvalue weighted by Gasteiger charge is -2.61. The van der Waals surface area contributed by atoms with Crippen molar-refractivity contribution >= 4 is 12.0 Å². The second-order valence-corrected chi connectivity index (χ2v) is 10.6. The van der Waals surface area contributed by atoms with Gasteiger partial charge in [-0.1, -0.05) is 19.9 Å². The summed E-state index contributed by atoms with van der Waals surface area (Å²) in [4.78, 5) is 18.3. The summed E-state index contributed by atoms with van der Waals surface area (Å²) < 4.78 is 5.73. The number of amides is 1. The first kappa shape index (κ1) is 20.1. The molecule has 4 aliphatic rings. The Kier molecular flexibility index (Phi) is 4.95. The first-order valence-electron chi connectivity index (χ1n) is 12.0. The van der Waals surface area contributed by atoms with Gasteiger partial charge in [0.15, 0.2) is 0 Å². The number of hydrogen-bond donors (Lipinski definition) is 0. The van der Waals surface area contributed by atoms with Crippen LogP contribution in [-0.4, -0.2) is 35.5 Å². The highest BCUT2D eigenvalue weighted by molar-refractivity contribution is 5.73. The zero-order valence-corrected chi connectivity index (χ0v) is 18.8. The number of ether oxygens (including phenoxy) is 1. The number of rotatable bonds is 4. The fourth-order valence-electron chi connectivity index (χ4n) is 8.08. The summed E-state index contributed by atoms with van der Waals surface area (Å²) in [5.74, 6) is 3.11. The van der Waals surface area contributed by atoms with Gasteiger partial charge >= 0.3 is 0 Å². The van der Waals surface area contributed by atoms with Crippen molar-refractivity contribution in [2.75, 3.05) is 13.2 Å². The van der Waals surface area contributed by atoms with Crippen LogP contribution >= 0.6 is 0 Å². The molecule has 30 heavy (non-hydrogen) atoms. The zero-order chi connectivity index (χ0) is 20.9. The van der Waals surface area contributed by atoms with Gasteiger partial charge in [0, 0.05) is 18.8 Å². The van der Waals surface area contributed by atoms with Crippen molar-refractivity contribution in [3.05, 3.63) is 30.1 Å². The molecule has 1 aliphatic heterocycles. The molecule has 2 saturated carbocycles. The van der Waals surface area contributed by atoms with Crippen LogP contribution in [0.3, 0.4) is 0 Å². The second kappa shape index (κ2) is 7.39. The number of fused-ring (bicyclic) bond motifs is 5. The smallest absolute Gasteiger partial charge is 0.209 e. The van der Waals surface area contributed by atoms with Gasteiger partial charge < -0.3 is 9.64 Å². The van der Waals surface area contributed by atoms with Crippen molar-refractivity contribution in [2.45, 2.75) is 71.8 Å². The van der Waals surface area contributed by atoms with E-state index in [1.165, 1.54) is 49.7 Å². The molecule has 3 fully saturated rings. The van der Waals surface area contributed by atoms with Crippen molar-refractivity contribution in [1.82, 2.24) is 9.88 Å². The van der Waals surface area contributed by atoms with Gasteiger partial charge in [-0.15, -0.1) is 0 Å². The molecular formula is C26H36N2O2. The molecule has 0 radical (unpaired) electrons. The van der Waals surface area contributed by atoms with Gasteiger partial charge in [-0.25, -0.2) is 0 Å². The molecule has 1 saturated heterocycles. The summed E-state index contributed by atoms with van der Waals surface area (Å²) in [5, 5.41) is 0. The Morgan fingerprint density at radius 3 is 2.87 bits per heavy atom. The molecule has 162 valence electrons. The maximum absolute atomic E-state index is 11.7. The predicted molar refractivity (Wildman–Crippen MR) is 119 cm³/mol. The monoisotopic (exact) mass is 408 g/mol. The fraction of sp³-hybridized carbons (Fsp3) is 0.692. The average molecular weight is 409 g/mol. The Balaban J connectivity index is 1.42. The first-order valence-corrected chi connectivity index (χ1v) is 12.0. The highest BCUT2D eigenvalue weighted by Crippen LogP contribution is 2.66. The third-order valence-electron chi connectivity index (χ3n) is 9.40. The Morgan fingerprint density at radius 2 is 2.07 bits per heavy atom. The third-order valence-corrected chi connectivity index (χ3v) is 9.40. The Bertz CT molecular complexity index is 851. The van der Waals surface area contributed by atoms with Crippen molar-refractivity contribution in [3.63, 3.8) is 0 Å². The van der Waals surface area contributed by atoms with E-state index in [0.717, 1.165) is 37.0 Å². The molecule has 0 N–H and O–H groups in total. The van der Waals surface area contributed by atoms with E-state index in [1.807, 2.05) is 19.3 Å². The molecule has 0 spiro atoms. The number of carbonyl (C=O) groups is 1. The molecule has 1 aromatic rings. The topological polar surface area (TPSA) is 42.4 Å². The minimum Gasteiger partial charge on any atom is -0.492 e. The Labute approximate surface area is 181 Å². The summed E-state index contributed by atoms with van der Waals surface area (Å²) >= 11 is 0. The van der Waals surface area contributed by atoms with Crippen LogP contribution in [0.5, 0.6) is 5.75 Å². The number of pyridine rings is 1. The number of carbonyl (C=O) groups excluding carboxylic acids is 1. The molecule has 6 atom stereocenters. The number of aromatic nitrogens is 1. The molecule has 0 aromatic carbocycles. The lowest BCUT2D eigenvalue weighted by molar-refractivity contribution is -0.142. The van der Waals surface area contributed by atoms with Crippen molar-refractivity contribution in [1.29, 1.82) is 0 Å². The molecule has 3 aliphatic carbocycles. The summed E-state index contributed by atoms with van der Waals surface area (Å²) in [6, 6.07) is 2.64. The van der Waals surface area contributed by atoms with E-state index in [0.29, 0.717) is 24.0 Å². The van der Waals surface area contributed by atoms with E-state index in [-0.39, 0.29) is 5.41 Å². The van der Waals surface area contributed by atoms with Crippen LogP contribution in [-0.2, 0) is 4.79 Å². The van der Waals surface area contributed by atoms with E-state index < -0.39 is 0 Å². The standard InChI is InChI=1S/C26H36N2O2/c1-4-30-19-14-18(15-27-16-19)21-7-8-22-20-6-9-24-26(3,11-5-13-28(24)17-29)23(20)10-12-25(21,22)2/h7,14-17,20,22-24H,4-6,8-13H2,1-3H3. The van der Waals surface area contributed by atoms with E-state index in [9.17, 15) is 4.79 Å². The van der Waals surface area contributed by atoms with Gasteiger partial charge in [-0.3, -0.25) is 9.78 Å². The van der Waals surface area contributed by atoms with E-state index in [1.54, 1.807) is 0 Å². The number of likely N-dealkylation sites (tertiary alicyclic amines) is 1. The molecule has 0 bridgehead atoms. The van der Waals surface area contributed by atoms with Crippen LogP contribution in [0, 0.1) is 28.6 Å². The summed E-state index contributed by atoms with van der Waals surface area (Å²) in [6.07, 6.45) is 16.1. The molecule has 1 aromatic heterocycles. The van der Waals surface area contributed by atoms with Crippen LogP contribution in [0.15, 0.2) is 24.5 Å². The highest BCUT2D eigenvalue weighted by Gasteiger charge is 2.59. The van der Waals surface area contributed by atoms with E-state index >= 15 is 0 Å². The quantitative estimate of drug-likeness (QED) is 0.632. The first-order chi connectivity index (χ1) is 14.5. The minimum absolute atomic E-state index is 0.232. The van der Waals surface area contributed by atoms with Crippen LogP contribution < -0.4 is 4.74 Å². The van der Waals surface area contributed by atoms with Crippen LogP contribution in [0.2, 0.25) is 0 Å². The second-order valence-electron chi connectivity index (χ2n) is 10.6.